The van der Waals surface area contributed by atoms with Gasteiger partial charge in [0.2, 0.25) is 0 Å². The monoisotopic (exact) mass is 270 g/mol. The van der Waals surface area contributed by atoms with Gasteiger partial charge in [-0.2, -0.15) is 0 Å². The van der Waals surface area contributed by atoms with Crippen molar-refractivity contribution in [2.24, 2.45) is 4.99 Å². The summed E-state index contributed by atoms with van der Waals surface area (Å²) < 4.78 is 13.8. The zero-order chi connectivity index (χ0) is 12.8. The van der Waals surface area contributed by atoms with E-state index in [2.05, 4.69) is 4.57 Å². The lowest BCUT2D eigenvalue weighted by atomic mass is 9.99. The van der Waals surface area contributed by atoms with Crippen LogP contribution in [0.25, 0.3) is 0 Å². The van der Waals surface area contributed by atoms with Gasteiger partial charge in [-0.25, -0.2) is 0 Å². The summed E-state index contributed by atoms with van der Waals surface area (Å²) >= 11 is 0. The van der Waals surface area contributed by atoms with E-state index in [0.29, 0.717) is 0 Å². The second-order valence-electron chi connectivity index (χ2n) is 5.22. The molecular formula is C13H26N2O2Si. The average Bonchev–Trinajstić information content (AvgIpc) is 2.84. The molecule has 18 heavy (non-hydrogen) atoms. The molecule has 0 aromatic carbocycles. The van der Waals surface area contributed by atoms with E-state index < -0.39 is 8.72 Å². The first-order valence-electron chi connectivity index (χ1n) is 7.18. The van der Waals surface area contributed by atoms with Crippen LogP contribution in [0.1, 0.15) is 38.5 Å². The summed E-state index contributed by atoms with van der Waals surface area (Å²) in [5, 5.41) is 0. The highest BCUT2D eigenvalue weighted by atomic mass is 28.4. The third-order valence-electron chi connectivity index (χ3n) is 4.18. The molecule has 1 aliphatic heterocycles. The van der Waals surface area contributed by atoms with Gasteiger partial charge in [0, 0.05) is 32.5 Å². The molecule has 0 spiro atoms. The van der Waals surface area contributed by atoms with Gasteiger partial charge in [0.05, 0.1) is 6.54 Å². The van der Waals surface area contributed by atoms with Crippen LogP contribution in [0.4, 0.5) is 0 Å². The Morgan fingerprint density at radius 2 is 1.83 bits per heavy atom. The highest BCUT2D eigenvalue weighted by Gasteiger charge is 2.46. The predicted octanol–water partition coefficient (Wildman–Crippen LogP) is 2.33. The maximum Gasteiger partial charge on any atom is 0.427 e. The lowest BCUT2D eigenvalue weighted by Gasteiger charge is -2.31. The van der Waals surface area contributed by atoms with Crippen LogP contribution < -0.4 is 0 Å². The number of nitrogens with zero attached hydrogens (tertiary/aromatic N) is 2. The van der Waals surface area contributed by atoms with Crippen molar-refractivity contribution in [2.45, 2.75) is 44.6 Å². The molecule has 2 aliphatic rings. The van der Waals surface area contributed by atoms with Crippen LogP contribution in [0.15, 0.2) is 4.99 Å². The minimum Gasteiger partial charge on any atom is -0.386 e. The van der Waals surface area contributed by atoms with E-state index in [1.807, 2.05) is 0 Å². The van der Waals surface area contributed by atoms with Gasteiger partial charge in [-0.3, -0.25) is 9.56 Å². The Morgan fingerprint density at radius 1 is 1.11 bits per heavy atom. The normalized spacial score (nSPS) is 24.4. The van der Waals surface area contributed by atoms with E-state index in [-0.39, 0.29) is 0 Å². The van der Waals surface area contributed by atoms with E-state index in [4.69, 9.17) is 13.8 Å². The topological polar surface area (TPSA) is 34.1 Å². The first-order chi connectivity index (χ1) is 8.80. The average molecular weight is 270 g/mol. The second-order valence-corrected chi connectivity index (χ2v) is 8.59. The van der Waals surface area contributed by atoms with Crippen LogP contribution in [-0.4, -0.2) is 52.9 Å². The minimum absolute atomic E-state index is 0.913. The maximum absolute atomic E-state index is 5.70. The van der Waals surface area contributed by atoms with Crippen molar-refractivity contribution < 1.29 is 8.85 Å². The number of hydrogen-bond acceptors (Lipinski definition) is 4. The summed E-state index contributed by atoms with van der Waals surface area (Å²) in [6, 6.07) is 1.09. The SMILES string of the molecule is CO[Si]1(OC)CCCN1CCN=C1CCCCC1. The van der Waals surface area contributed by atoms with Crippen molar-refractivity contribution in [3.63, 3.8) is 0 Å². The van der Waals surface area contributed by atoms with Crippen molar-refractivity contribution in [1.82, 2.24) is 4.57 Å². The molecular weight excluding hydrogens is 244 g/mol. The lowest BCUT2D eigenvalue weighted by molar-refractivity contribution is 0.184. The van der Waals surface area contributed by atoms with Crippen molar-refractivity contribution in [2.75, 3.05) is 33.9 Å². The summed E-state index contributed by atoms with van der Waals surface area (Å²) in [5.74, 6) is 0. The minimum atomic E-state index is -2.03. The van der Waals surface area contributed by atoms with Gasteiger partial charge in [0.25, 0.3) is 0 Å². The van der Waals surface area contributed by atoms with Gasteiger partial charge in [0.15, 0.2) is 0 Å². The van der Waals surface area contributed by atoms with Crippen molar-refractivity contribution in [3.8, 4) is 0 Å². The molecule has 1 saturated heterocycles. The van der Waals surface area contributed by atoms with Gasteiger partial charge in [-0.1, -0.05) is 6.42 Å². The number of aliphatic imine (C=N–C) groups is 1. The second kappa shape index (κ2) is 6.80. The Morgan fingerprint density at radius 3 is 2.50 bits per heavy atom. The molecule has 0 amide bonds. The summed E-state index contributed by atoms with van der Waals surface area (Å²) in [4.78, 5) is 4.77. The Balaban J connectivity index is 1.82. The van der Waals surface area contributed by atoms with Crippen LogP contribution >= 0.6 is 0 Å². The molecule has 104 valence electrons. The van der Waals surface area contributed by atoms with Gasteiger partial charge in [-0.05, 0) is 38.6 Å². The standard InChI is InChI=1S/C13H26N2O2Si/c1-16-18(17-2)12-6-10-15(18)11-9-14-13-7-4-3-5-8-13/h3-12H2,1-2H3. The largest absolute Gasteiger partial charge is 0.427 e. The summed E-state index contributed by atoms with van der Waals surface area (Å²) in [6.07, 6.45) is 7.68. The van der Waals surface area contributed by atoms with Crippen LogP contribution in [0, 0.1) is 0 Å². The van der Waals surface area contributed by atoms with E-state index in [1.165, 1.54) is 44.2 Å². The summed E-state index contributed by atoms with van der Waals surface area (Å²) in [5.41, 5.74) is 1.43. The van der Waals surface area contributed by atoms with Gasteiger partial charge < -0.3 is 8.85 Å². The zero-order valence-electron chi connectivity index (χ0n) is 11.8. The molecule has 0 aromatic heterocycles. The molecule has 0 bridgehead atoms. The number of hydrogen-bond donors (Lipinski definition) is 0. The van der Waals surface area contributed by atoms with Crippen LogP contribution in [0.2, 0.25) is 6.04 Å². The van der Waals surface area contributed by atoms with E-state index >= 15 is 0 Å². The van der Waals surface area contributed by atoms with Crippen LogP contribution in [-0.2, 0) is 8.85 Å². The maximum atomic E-state index is 5.70. The van der Waals surface area contributed by atoms with Crippen molar-refractivity contribution in [1.29, 1.82) is 0 Å². The molecule has 5 heteroatoms. The Bertz CT molecular complexity index is 285. The van der Waals surface area contributed by atoms with Crippen LogP contribution in [0.5, 0.6) is 0 Å². The van der Waals surface area contributed by atoms with E-state index in [1.54, 1.807) is 14.2 Å². The Kier molecular flexibility index (Phi) is 5.35. The highest BCUT2D eigenvalue weighted by Crippen LogP contribution is 2.26. The Labute approximate surface area is 112 Å². The molecule has 1 saturated carbocycles. The first kappa shape index (κ1) is 14.2. The summed E-state index contributed by atoms with van der Waals surface area (Å²) in [6.45, 7) is 3.02. The fraction of sp³-hybridized carbons (Fsp3) is 0.923. The highest BCUT2D eigenvalue weighted by molar-refractivity contribution is 6.65. The molecule has 0 N–H and O–H groups in total. The number of rotatable bonds is 5. The van der Waals surface area contributed by atoms with E-state index in [0.717, 1.165) is 25.7 Å². The molecule has 0 unspecified atom stereocenters. The third kappa shape index (κ3) is 3.20. The smallest absolute Gasteiger partial charge is 0.386 e. The van der Waals surface area contributed by atoms with E-state index in [9.17, 15) is 0 Å². The molecule has 0 aromatic rings. The quantitative estimate of drug-likeness (QED) is 0.719. The molecule has 0 radical (unpaired) electrons. The molecule has 1 heterocycles. The summed E-state index contributed by atoms with van der Waals surface area (Å²) in [7, 11) is 1.55. The predicted molar refractivity (Wildman–Crippen MR) is 76.2 cm³/mol. The Hall–Kier alpha value is -0.233. The van der Waals surface area contributed by atoms with Gasteiger partial charge in [-0.15, -0.1) is 0 Å². The fourth-order valence-electron chi connectivity index (χ4n) is 3.10. The van der Waals surface area contributed by atoms with Crippen molar-refractivity contribution >= 4 is 14.4 Å². The fourth-order valence-corrected chi connectivity index (χ4v) is 6.05. The first-order valence-corrected chi connectivity index (χ1v) is 9.15. The molecule has 2 rings (SSSR count). The van der Waals surface area contributed by atoms with Gasteiger partial charge in [0.1, 0.15) is 0 Å². The van der Waals surface area contributed by atoms with Crippen molar-refractivity contribution in [3.05, 3.63) is 0 Å². The van der Waals surface area contributed by atoms with Gasteiger partial charge >= 0.3 is 8.72 Å². The molecule has 4 nitrogen and oxygen atoms in total. The molecule has 0 atom stereocenters. The zero-order valence-corrected chi connectivity index (χ0v) is 12.8. The lowest BCUT2D eigenvalue weighted by Crippen LogP contribution is -2.53. The third-order valence-corrected chi connectivity index (χ3v) is 7.85. The molecule has 2 fully saturated rings. The van der Waals surface area contributed by atoms with Crippen LogP contribution in [0.3, 0.4) is 0 Å². The molecule has 1 aliphatic carbocycles.